The van der Waals surface area contributed by atoms with Crippen LogP contribution in [0.1, 0.15) is 46.6 Å². The Hall–Kier alpha value is -3.86. The molecule has 0 aromatic heterocycles. The molecule has 0 radical (unpaired) electrons. The van der Waals surface area contributed by atoms with Gasteiger partial charge in [-0.25, -0.2) is 9.18 Å². The Morgan fingerprint density at radius 3 is 2.56 bits per heavy atom. The fourth-order valence-electron chi connectivity index (χ4n) is 3.93. The number of methoxy groups -OCH3 is 1. The molecule has 5 N–H and O–H groups in total. The molecule has 220 valence electrons. The number of ether oxygens (including phenoxy) is 3. The van der Waals surface area contributed by atoms with Crippen molar-refractivity contribution in [3.63, 3.8) is 0 Å². The zero-order chi connectivity index (χ0) is 30.0. The van der Waals surface area contributed by atoms with Crippen LogP contribution < -0.4 is 20.7 Å². The van der Waals surface area contributed by atoms with Crippen molar-refractivity contribution in [3.05, 3.63) is 78.0 Å². The molecular formula is C31H41FN5O4+. The summed E-state index contributed by atoms with van der Waals surface area (Å²) in [6.07, 6.45) is 5.71. The van der Waals surface area contributed by atoms with Crippen LogP contribution in [0.15, 0.2) is 71.6 Å². The highest BCUT2D eigenvalue weighted by Gasteiger charge is 2.27. The number of halogens is 1. The molecular weight excluding hydrogens is 525 g/mol. The summed E-state index contributed by atoms with van der Waals surface area (Å²) in [5.41, 5.74) is 2.00. The van der Waals surface area contributed by atoms with E-state index in [1.807, 2.05) is 65.0 Å². The number of anilines is 1. The van der Waals surface area contributed by atoms with Crippen LogP contribution in [0.5, 0.6) is 5.75 Å². The van der Waals surface area contributed by atoms with E-state index in [1.54, 1.807) is 30.8 Å². The molecule has 2 aromatic rings. The predicted octanol–water partition coefficient (Wildman–Crippen LogP) is 5.43. The van der Waals surface area contributed by atoms with Crippen LogP contribution in [0.2, 0.25) is 0 Å². The van der Waals surface area contributed by atoms with Gasteiger partial charge >= 0.3 is 6.03 Å². The predicted molar refractivity (Wildman–Crippen MR) is 159 cm³/mol. The Balaban J connectivity index is 1.67. The van der Waals surface area contributed by atoms with Gasteiger partial charge in [-0.2, -0.15) is 0 Å². The third kappa shape index (κ3) is 10.2. The second-order valence-corrected chi connectivity index (χ2v) is 11.2. The highest BCUT2D eigenvalue weighted by Crippen LogP contribution is 2.28. The topological polar surface area (TPSA) is 122 Å². The molecule has 1 heterocycles. The molecule has 3 rings (SSSR count). The number of benzene rings is 2. The molecule has 10 heteroatoms. The molecule has 0 bridgehead atoms. The minimum Gasteiger partial charge on any atom is -0.483 e. The third-order valence-corrected chi connectivity index (χ3v) is 6.24. The number of carbonyl (C=O) groups is 1. The summed E-state index contributed by atoms with van der Waals surface area (Å²) in [4.78, 5) is 17.1. The number of nitrogens with zero attached hydrogens (tertiary/aromatic N) is 1. The fourth-order valence-corrected chi connectivity index (χ4v) is 3.93. The van der Waals surface area contributed by atoms with Gasteiger partial charge < -0.3 is 24.9 Å². The number of hydrogen-bond donors (Lipinski definition) is 4. The molecule has 0 fully saturated rings. The number of quaternary nitrogens is 1. The quantitative estimate of drug-likeness (QED) is 0.156. The van der Waals surface area contributed by atoms with Crippen molar-refractivity contribution < 1.29 is 28.7 Å². The Morgan fingerprint density at radius 2 is 1.93 bits per heavy atom. The zero-order valence-electron chi connectivity index (χ0n) is 24.6. The van der Waals surface area contributed by atoms with Crippen LogP contribution in [0.25, 0.3) is 0 Å². The van der Waals surface area contributed by atoms with E-state index >= 15 is 0 Å². The SMILES string of the molecule is COCCOCc1ccc([NH2+]C(=CC(=N)C(C)(C)C)NC(=O)Nc2ccc(OC3(C)C=CN=C(C)C3)cc2F)cc1. The largest absolute Gasteiger partial charge is 0.483 e. The number of allylic oxidation sites excluding steroid dienone is 1. The van der Waals surface area contributed by atoms with Crippen LogP contribution in [0.4, 0.5) is 20.6 Å². The van der Waals surface area contributed by atoms with Crippen molar-refractivity contribution in [3.8, 4) is 5.75 Å². The molecule has 9 nitrogen and oxygen atoms in total. The van der Waals surface area contributed by atoms with E-state index < -0.39 is 22.9 Å². The lowest BCUT2D eigenvalue weighted by Gasteiger charge is -2.29. The van der Waals surface area contributed by atoms with Crippen molar-refractivity contribution in [2.75, 3.05) is 25.6 Å². The summed E-state index contributed by atoms with van der Waals surface area (Å²) in [5, 5.41) is 15.5. The van der Waals surface area contributed by atoms with Gasteiger partial charge in [0.15, 0.2) is 0 Å². The van der Waals surface area contributed by atoms with Crippen molar-refractivity contribution >= 4 is 28.8 Å². The number of aliphatic imine (C=N–C) groups is 1. The van der Waals surface area contributed by atoms with Crippen LogP contribution in [-0.4, -0.2) is 43.4 Å². The number of hydrogen-bond acceptors (Lipinski definition) is 6. The first-order chi connectivity index (χ1) is 19.4. The summed E-state index contributed by atoms with van der Waals surface area (Å²) in [5.74, 6) is 0.1000. The van der Waals surface area contributed by atoms with Crippen LogP contribution in [0, 0.1) is 16.6 Å². The number of carbonyl (C=O) groups excluding carboxylic acids is 1. The summed E-state index contributed by atoms with van der Waals surface area (Å²) >= 11 is 0. The average molecular weight is 567 g/mol. The van der Waals surface area contributed by atoms with Gasteiger partial charge in [0, 0.05) is 48.7 Å². The second kappa shape index (κ2) is 14.2. The minimum atomic E-state index is -0.640. The maximum atomic E-state index is 14.9. The van der Waals surface area contributed by atoms with Gasteiger partial charge in [-0.3, -0.25) is 15.6 Å². The number of rotatable bonds is 12. The zero-order valence-corrected chi connectivity index (χ0v) is 24.6. The van der Waals surface area contributed by atoms with Gasteiger partial charge in [-0.15, -0.1) is 0 Å². The Bertz CT molecular complexity index is 1310. The van der Waals surface area contributed by atoms with Gasteiger partial charge in [0.05, 0.1) is 25.5 Å². The molecule has 1 aliphatic rings. The van der Waals surface area contributed by atoms with Crippen LogP contribution in [-0.2, 0) is 16.1 Å². The number of amides is 2. The first-order valence-corrected chi connectivity index (χ1v) is 13.5. The molecule has 1 aliphatic heterocycles. The lowest BCUT2D eigenvalue weighted by Crippen LogP contribution is -2.79. The number of nitrogens with one attached hydrogen (secondary N) is 3. The molecule has 0 saturated heterocycles. The Kier molecular flexibility index (Phi) is 10.9. The van der Waals surface area contributed by atoms with Gasteiger partial charge in [0.2, 0.25) is 5.82 Å². The first kappa shape index (κ1) is 31.7. The van der Waals surface area contributed by atoms with E-state index in [2.05, 4.69) is 15.6 Å². The number of urea groups is 1. The fraction of sp³-hybridized carbons (Fsp3) is 0.387. The normalized spacial score (nSPS) is 17.1. The first-order valence-electron chi connectivity index (χ1n) is 13.5. The average Bonchev–Trinajstić information content (AvgIpc) is 2.88. The molecule has 2 aromatic carbocycles. The van der Waals surface area contributed by atoms with Crippen molar-refractivity contribution in [2.24, 2.45) is 10.4 Å². The summed E-state index contributed by atoms with van der Waals surface area (Å²) in [6, 6.07) is 11.3. The van der Waals surface area contributed by atoms with Crippen molar-refractivity contribution in [2.45, 2.75) is 53.2 Å². The summed E-state index contributed by atoms with van der Waals surface area (Å²) in [6.45, 7) is 11.1. The third-order valence-electron chi connectivity index (χ3n) is 6.24. The van der Waals surface area contributed by atoms with Crippen LogP contribution in [0.3, 0.4) is 0 Å². The monoisotopic (exact) mass is 566 g/mol. The molecule has 1 unspecified atom stereocenters. The Labute approximate surface area is 241 Å². The van der Waals surface area contributed by atoms with E-state index in [4.69, 9.17) is 19.6 Å². The lowest BCUT2D eigenvalue weighted by atomic mass is 9.90. The maximum Gasteiger partial charge on any atom is 0.327 e. The van der Waals surface area contributed by atoms with Gasteiger partial charge in [0.1, 0.15) is 22.9 Å². The number of nitrogens with two attached hydrogens (primary N) is 1. The van der Waals surface area contributed by atoms with Gasteiger partial charge in [-0.05, 0) is 49.8 Å². The second-order valence-electron chi connectivity index (χ2n) is 11.2. The molecule has 0 spiro atoms. The standard InChI is InChI=1S/C31H40FN5O4/c1-21-19-31(5,13-14-34-21)41-24-11-12-26(25(32)17-24)36-29(38)37-28(18-27(33)30(2,3)4)35-23-9-7-22(8-10-23)20-40-16-15-39-6/h7-14,17-18,33,35H,15-16,19-20H2,1-6H3,(H2,36,37,38)/p+1. The Morgan fingerprint density at radius 1 is 1.20 bits per heavy atom. The van der Waals surface area contributed by atoms with E-state index in [0.29, 0.717) is 43.5 Å². The maximum absolute atomic E-state index is 14.9. The summed E-state index contributed by atoms with van der Waals surface area (Å²) in [7, 11) is 1.63. The lowest BCUT2D eigenvalue weighted by molar-refractivity contribution is -0.522. The molecule has 0 aliphatic carbocycles. The van der Waals surface area contributed by atoms with Crippen molar-refractivity contribution in [1.29, 1.82) is 5.41 Å². The molecule has 0 saturated carbocycles. The summed E-state index contributed by atoms with van der Waals surface area (Å²) < 4.78 is 31.5. The van der Waals surface area contributed by atoms with Crippen LogP contribution >= 0.6 is 0 Å². The van der Waals surface area contributed by atoms with E-state index in [1.165, 1.54) is 12.1 Å². The van der Waals surface area contributed by atoms with Gasteiger partial charge in [-0.1, -0.05) is 32.9 Å². The van der Waals surface area contributed by atoms with E-state index in [-0.39, 0.29) is 5.69 Å². The molecule has 2 amide bonds. The van der Waals surface area contributed by atoms with E-state index in [0.717, 1.165) is 17.0 Å². The minimum absolute atomic E-state index is 0.00000575. The molecule has 1 atom stereocenters. The highest BCUT2D eigenvalue weighted by atomic mass is 19.1. The molecule has 41 heavy (non-hydrogen) atoms. The van der Waals surface area contributed by atoms with Crippen molar-refractivity contribution in [1.82, 2.24) is 5.32 Å². The van der Waals surface area contributed by atoms with E-state index in [9.17, 15) is 9.18 Å². The van der Waals surface area contributed by atoms with Gasteiger partial charge in [0.25, 0.3) is 0 Å². The smallest absolute Gasteiger partial charge is 0.327 e. The highest BCUT2D eigenvalue weighted by molar-refractivity contribution is 5.98.